The third-order valence-electron chi connectivity index (χ3n) is 3.37. The van der Waals surface area contributed by atoms with Gasteiger partial charge in [0.15, 0.2) is 17.7 Å². The number of benzene rings is 1. The van der Waals surface area contributed by atoms with E-state index in [9.17, 15) is 24.6 Å². The van der Waals surface area contributed by atoms with E-state index in [0.717, 1.165) is 6.08 Å². The van der Waals surface area contributed by atoms with Gasteiger partial charge >= 0.3 is 5.97 Å². The zero-order chi connectivity index (χ0) is 14.4. The normalized spacial score (nSPS) is 25.2. The Kier molecular flexibility index (Phi) is 2.69. The van der Waals surface area contributed by atoms with Crippen LogP contribution in [0.4, 0.5) is 0 Å². The number of aromatic hydroxyl groups is 1. The minimum Gasteiger partial charge on any atom is -0.507 e. The maximum Gasteiger partial charge on any atom is 0.309 e. The molecule has 6 nitrogen and oxygen atoms in total. The average Bonchev–Trinajstić information content (AvgIpc) is 2.72. The first-order valence-electron chi connectivity index (χ1n) is 5.99. The fourth-order valence-electron chi connectivity index (χ4n) is 2.45. The fourth-order valence-corrected chi connectivity index (χ4v) is 2.45. The topological polar surface area (TPSA) is 101 Å². The Morgan fingerprint density at radius 1 is 1.20 bits per heavy atom. The minimum atomic E-state index is -1.15. The maximum absolute atomic E-state index is 12.3. The van der Waals surface area contributed by atoms with Gasteiger partial charge in [-0.2, -0.15) is 0 Å². The van der Waals surface area contributed by atoms with Crippen LogP contribution in [0.25, 0.3) is 0 Å². The van der Waals surface area contributed by atoms with E-state index < -0.39 is 29.7 Å². The van der Waals surface area contributed by atoms with E-state index in [-0.39, 0.29) is 28.9 Å². The van der Waals surface area contributed by atoms with Crippen LogP contribution in [-0.2, 0) is 9.53 Å². The SMILES string of the molecule is O=C1C[C@@H](O)[C@H](C2=CC(=O)c3c(O)cccc3C2=O)O1. The molecule has 1 saturated heterocycles. The van der Waals surface area contributed by atoms with E-state index in [1.807, 2.05) is 0 Å². The molecule has 2 atom stereocenters. The maximum atomic E-state index is 12.3. The second-order valence-electron chi connectivity index (χ2n) is 4.67. The van der Waals surface area contributed by atoms with Crippen molar-refractivity contribution in [3.8, 4) is 5.75 Å². The molecule has 0 spiro atoms. The number of hydrogen-bond donors (Lipinski definition) is 2. The lowest BCUT2D eigenvalue weighted by Crippen LogP contribution is -2.31. The van der Waals surface area contributed by atoms with Gasteiger partial charge in [-0.3, -0.25) is 14.4 Å². The number of rotatable bonds is 1. The number of phenolic OH excluding ortho intramolecular Hbond substituents is 1. The molecule has 20 heavy (non-hydrogen) atoms. The third kappa shape index (κ3) is 1.73. The molecule has 0 bridgehead atoms. The number of esters is 1. The molecule has 1 heterocycles. The molecule has 1 aliphatic heterocycles. The lowest BCUT2D eigenvalue weighted by Gasteiger charge is -2.21. The van der Waals surface area contributed by atoms with Crippen molar-refractivity contribution in [3.05, 3.63) is 41.0 Å². The number of allylic oxidation sites excluding steroid dienone is 1. The Morgan fingerprint density at radius 2 is 1.95 bits per heavy atom. The van der Waals surface area contributed by atoms with Crippen LogP contribution in [0.1, 0.15) is 27.1 Å². The van der Waals surface area contributed by atoms with E-state index in [1.54, 1.807) is 0 Å². The molecule has 3 rings (SSSR count). The zero-order valence-corrected chi connectivity index (χ0v) is 10.2. The molecule has 1 aliphatic carbocycles. The largest absolute Gasteiger partial charge is 0.507 e. The van der Waals surface area contributed by atoms with Gasteiger partial charge in [0.1, 0.15) is 11.9 Å². The number of carbonyl (C=O) groups excluding carboxylic acids is 3. The van der Waals surface area contributed by atoms with E-state index >= 15 is 0 Å². The van der Waals surface area contributed by atoms with Crippen molar-refractivity contribution < 1.29 is 29.3 Å². The first kappa shape index (κ1) is 12.6. The zero-order valence-electron chi connectivity index (χ0n) is 10.2. The van der Waals surface area contributed by atoms with Crippen molar-refractivity contribution in [2.75, 3.05) is 0 Å². The molecule has 0 amide bonds. The lowest BCUT2D eigenvalue weighted by atomic mass is 9.85. The molecule has 2 aliphatic rings. The summed E-state index contributed by atoms with van der Waals surface area (Å²) in [4.78, 5) is 35.5. The van der Waals surface area contributed by atoms with E-state index in [2.05, 4.69) is 0 Å². The van der Waals surface area contributed by atoms with Gasteiger partial charge in [-0.05, 0) is 12.1 Å². The summed E-state index contributed by atoms with van der Waals surface area (Å²) in [6, 6.07) is 4.16. The van der Waals surface area contributed by atoms with Crippen molar-refractivity contribution in [3.63, 3.8) is 0 Å². The number of carbonyl (C=O) groups is 3. The van der Waals surface area contributed by atoms with E-state index in [4.69, 9.17) is 4.74 Å². The van der Waals surface area contributed by atoms with Gasteiger partial charge in [0.05, 0.1) is 12.0 Å². The summed E-state index contributed by atoms with van der Waals surface area (Å²) in [5.41, 5.74) is -0.0887. The molecule has 0 unspecified atom stereocenters. The second-order valence-corrected chi connectivity index (χ2v) is 4.67. The van der Waals surface area contributed by atoms with Gasteiger partial charge in [0, 0.05) is 11.1 Å². The fraction of sp³-hybridized carbons (Fsp3) is 0.214. The molecule has 102 valence electrons. The number of Topliss-reactive ketones (excluding diaryl/α,β-unsaturated/α-hetero) is 1. The van der Waals surface area contributed by atoms with Gasteiger partial charge in [0.25, 0.3) is 0 Å². The predicted octanol–water partition coefficient (Wildman–Crippen LogP) is 0.374. The number of ether oxygens (including phenoxy) is 1. The van der Waals surface area contributed by atoms with Crippen LogP contribution >= 0.6 is 0 Å². The number of aliphatic hydroxyl groups excluding tert-OH is 1. The van der Waals surface area contributed by atoms with Crippen molar-refractivity contribution in [2.24, 2.45) is 0 Å². The van der Waals surface area contributed by atoms with Crippen molar-refractivity contribution >= 4 is 17.5 Å². The van der Waals surface area contributed by atoms with Gasteiger partial charge in [-0.1, -0.05) is 12.1 Å². The molecule has 1 aromatic carbocycles. The number of phenols is 1. The van der Waals surface area contributed by atoms with Gasteiger partial charge < -0.3 is 14.9 Å². The molecule has 1 aromatic rings. The van der Waals surface area contributed by atoms with Crippen LogP contribution in [0.15, 0.2) is 29.8 Å². The summed E-state index contributed by atoms with van der Waals surface area (Å²) in [7, 11) is 0. The van der Waals surface area contributed by atoms with Gasteiger partial charge in [-0.15, -0.1) is 0 Å². The highest BCUT2D eigenvalue weighted by molar-refractivity contribution is 6.26. The minimum absolute atomic E-state index is 0.0441. The molecular weight excluding hydrogens is 264 g/mol. The smallest absolute Gasteiger partial charge is 0.309 e. The molecule has 0 aromatic heterocycles. The summed E-state index contributed by atoms with van der Waals surface area (Å²) in [6.45, 7) is 0. The predicted molar refractivity (Wildman–Crippen MR) is 65.4 cm³/mol. The van der Waals surface area contributed by atoms with Crippen LogP contribution in [0.2, 0.25) is 0 Å². The summed E-state index contributed by atoms with van der Waals surface area (Å²) in [5.74, 6) is -1.98. The van der Waals surface area contributed by atoms with Crippen LogP contribution in [0, 0.1) is 0 Å². The van der Waals surface area contributed by atoms with Crippen LogP contribution in [0.5, 0.6) is 5.75 Å². The van der Waals surface area contributed by atoms with Crippen molar-refractivity contribution in [2.45, 2.75) is 18.6 Å². The Labute approximate surface area is 113 Å². The van der Waals surface area contributed by atoms with Crippen LogP contribution < -0.4 is 0 Å². The molecule has 2 N–H and O–H groups in total. The molecule has 1 fully saturated rings. The molecule has 6 heteroatoms. The monoisotopic (exact) mass is 274 g/mol. The summed E-state index contributed by atoms with van der Waals surface area (Å²) < 4.78 is 4.88. The number of aliphatic hydroxyl groups is 1. The van der Waals surface area contributed by atoms with Crippen LogP contribution in [0.3, 0.4) is 0 Å². The van der Waals surface area contributed by atoms with Gasteiger partial charge in [0.2, 0.25) is 0 Å². The summed E-state index contributed by atoms with van der Waals surface area (Å²) >= 11 is 0. The highest BCUT2D eigenvalue weighted by atomic mass is 16.6. The first-order valence-corrected chi connectivity index (χ1v) is 5.99. The Hall–Kier alpha value is -2.47. The number of ketones is 2. The third-order valence-corrected chi connectivity index (χ3v) is 3.37. The van der Waals surface area contributed by atoms with Crippen LogP contribution in [-0.4, -0.2) is 40.0 Å². The number of fused-ring (bicyclic) bond motifs is 1. The average molecular weight is 274 g/mol. The quantitative estimate of drug-likeness (QED) is 0.718. The molecule has 0 saturated carbocycles. The Balaban J connectivity index is 2.07. The Morgan fingerprint density at radius 3 is 2.60 bits per heavy atom. The highest BCUT2D eigenvalue weighted by Gasteiger charge is 2.41. The van der Waals surface area contributed by atoms with Gasteiger partial charge in [-0.25, -0.2) is 0 Å². The summed E-state index contributed by atoms with van der Waals surface area (Å²) in [6.07, 6.45) is -1.48. The second kappa shape index (κ2) is 4.28. The van der Waals surface area contributed by atoms with Crippen molar-refractivity contribution in [1.29, 1.82) is 0 Å². The van der Waals surface area contributed by atoms with Crippen molar-refractivity contribution in [1.82, 2.24) is 0 Å². The number of cyclic esters (lactones) is 1. The lowest BCUT2D eigenvalue weighted by molar-refractivity contribution is -0.140. The number of hydrogen-bond acceptors (Lipinski definition) is 6. The van der Waals surface area contributed by atoms with E-state index in [0.29, 0.717) is 0 Å². The highest BCUT2D eigenvalue weighted by Crippen LogP contribution is 2.32. The molecular formula is C14H10O6. The first-order chi connectivity index (χ1) is 9.49. The van der Waals surface area contributed by atoms with E-state index in [1.165, 1.54) is 18.2 Å². The Bertz CT molecular complexity index is 672. The standard InChI is InChI=1S/C14H10O6/c15-8-3-1-2-6-12(8)9(16)4-7(13(6)19)14-10(17)5-11(18)20-14/h1-4,10,14-15,17H,5H2/t10-,14+/m1/s1. The summed E-state index contributed by atoms with van der Waals surface area (Å²) in [5, 5.41) is 19.4. The molecule has 0 radical (unpaired) electrons.